The lowest BCUT2D eigenvalue weighted by Crippen LogP contribution is -1.96. The summed E-state index contributed by atoms with van der Waals surface area (Å²) in [6, 6.07) is 0.400. The molecule has 1 unspecified atom stereocenters. The summed E-state index contributed by atoms with van der Waals surface area (Å²) in [7, 11) is 0. The van der Waals surface area contributed by atoms with Crippen molar-refractivity contribution in [2.45, 2.75) is 26.3 Å². The van der Waals surface area contributed by atoms with Crippen LogP contribution in [0.4, 0.5) is 0 Å². The average Bonchev–Trinajstić information content (AvgIpc) is 2.06. The van der Waals surface area contributed by atoms with Crippen LogP contribution in [0.15, 0.2) is 16.1 Å². The highest BCUT2D eigenvalue weighted by molar-refractivity contribution is 8.03. The summed E-state index contributed by atoms with van der Waals surface area (Å²) in [5, 5.41) is 0. The van der Waals surface area contributed by atoms with Crippen molar-refractivity contribution in [1.82, 2.24) is 0 Å². The Morgan fingerprint density at radius 2 is 2.36 bits per heavy atom. The van der Waals surface area contributed by atoms with Gasteiger partial charge >= 0.3 is 0 Å². The smallest absolute Gasteiger partial charge is 0.0469 e. The normalized spacial score (nSPS) is 15.7. The maximum Gasteiger partial charge on any atom is 0.0469 e. The molecule has 0 aromatic heterocycles. The van der Waals surface area contributed by atoms with Gasteiger partial charge in [0.1, 0.15) is 0 Å². The average molecular weight is 172 g/mol. The number of hydrogen-bond acceptors (Lipinski definition) is 3. The third-order valence-electron chi connectivity index (χ3n) is 1.45. The first-order valence-corrected chi connectivity index (χ1v) is 4.96. The Labute approximate surface area is 73.0 Å². The van der Waals surface area contributed by atoms with E-state index in [1.54, 1.807) is 18.0 Å². The molecule has 64 valence electrons. The van der Waals surface area contributed by atoms with Gasteiger partial charge in [0.15, 0.2) is 0 Å². The molecule has 2 nitrogen and oxygen atoms in total. The monoisotopic (exact) mass is 172 g/mol. The molecule has 0 rings (SSSR count). The Hall–Kier alpha value is -0.440. The molecule has 0 aliphatic carbocycles. The van der Waals surface area contributed by atoms with E-state index in [4.69, 9.17) is 5.73 Å². The zero-order chi connectivity index (χ0) is 8.69. The van der Waals surface area contributed by atoms with Crippen molar-refractivity contribution < 1.29 is 0 Å². The fourth-order valence-corrected chi connectivity index (χ4v) is 0.772. The lowest BCUT2D eigenvalue weighted by Gasteiger charge is -2.00. The van der Waals surface area contributed by atoms with E-state index in [0.717, 1.165) is 11.3 Å². The number of nitrogens with two attached hydrogens (primary N) is 1. The number of hydrogen-bond donors (Lipinski definition) is 1. The highest BCUT2D eigenvalue weighted by Gasteiger charge is 1.92. The third-order valence-corrected chi connectivity index (χ3v) is 2.16. The summed E-state index contributed by atoms with van der Waals surface area (Å²) in [4.78, 5) is 5.31. The quantitative estimate of drug-likeness (QED) is 0.659. The van der Waals surface area contributed by atoms with Crippen molar-refractivity contribution in [2.24, 2.45) is 10.7 Å². The lowest BCUT2D eigenvalue weighted by atomic mass is 10.3. The molecule has 0 aromatic rings. The number of rotatable bonds is 4. The van der Waals surface area contributed by atoms with Gasteiger partial charge in [-0.2, -0.15) is 0 Å². The molecule has 0 radical (unpaired) electrons. The maximum absolute atomic E-state index is 5.34. The molecule has 3 heteroatoms. The molecule has 0 aromatic carbocycles. The van der Waals surface area contributed by atoms with E-state index < -0.39 is 0 Å². The van der Waals surface area contributed by atoms with E-state index in [2.05, 4.69) is 18.8 Å². The van der Waals surface area contributed by atoms with E-state index in [-0.39, 0.29) is 0 Å². The second-order valence-corrected chi connectivity index (χ2v) is 3.19. The fraction of sp³-hybridized carbons (Fsp3) is 0.625. The molecule has 0 heterocycles. The molecule has 1 atom stereocenters. The van der Waals surface area contributed by atoms with Crippen LogP contribution >= 0.6 is 11.8 Å². The predicted molar refractivity (Wildman–Crippen MR) is 54.0 cm³/mol. The standard InChI is InChI=1S/C8H16N2S/c1-4-7(2)10-6-8(5-9)11-3/h5-7H,4,9H2,1-3H3. The Morgan fingerprint density at radius 3 is 2.73 bits per heavy atom. The second kappa shape index (κ2) is 6.28. The molecule has 0 spiro atoms. The Bertz CT molecular complexity index is 152. The van der Waals surface area contributed by atoms with E-state index in [0.29, 0.717) is 6.04 Å². The maximum atomic E-state index is 5.34. The van der Waals surface area contributed by atoms with Crippen LogP contribution in [0.2, 0.25) is 0 Å². The van der Waals surface area contributed by atoms with Gasteiger partial charge in [-0.25, -0.2) is 0 Å². The Balaban J connectivity index is 3.89. The van der Waals surface area contributed by atoms with Crippen LogP contribution < -0.4 is 5.73 Å². The van der Waals surface area contributed by atoms with Crippen molar-refractivity contribution in [3.63, 3.8) is 0 Å². The largest absolute Gasteiger partial charge is 0.404 e. The van der Waals surface area contributed by atoms with Gasteiger partial charge in [-0.1, -0.05) is 6.92 Å². The van der Waals surface area contributed by atoms with Crippen molar-refractivity contribution >= 4 is 18.0 Å². The summed E-state index contributed by atoms with van der Waals surface area (Å²) in [5.74, 6) is 0. The van der Waals surface area contributed by atoms with Gasteiger partial charge in [0.25, 0.3) is 0 Å². The molecule has 2 N–H and O–H groups in total. The van der Waals surface area contributed by atoms with Gasteiger partial charge in [0.2, 0.25) is 0 Å². The Morgan fingerprint density at radius 1 is 1.73 bits per heavy atom. The molecule has 0 amide bonds. The molecule has 0 fully saturated rings. The molecule has 11 heavy (non-hydrogen) atoms. The van der Waals surface area contributed by atoms with Gasteiger partial charge in [0.05, 0.1) is 0 Å². The molecule has 0 aliphatic heterocycles. The highest BCUT2D eigenvalue weighted by atomic mass is 32.2. The van der Waals surface area contributed by atoms with Crippen LogP contribution in [0.3, 0.4) is 0 Å². The van der Waals surface area contributed by atoms with Gasteiger partial charge < -0.3 is 5.73 Å². The van der Waals surface area contributed by atoms with E-state index in [9.17, 15) is 0 Å². The van der Waals surface area contributed by atoms with Crippen molar-refractivity contribution in [1.29, 1.82) is 0 Å². The lowest BCUT2D eigenvalue weighted by molar-refractivity contribution is 0.720. The number of aliphatic imine (C=N–C) groups is 1. The summed E-state index contributed by atoms with van der Waals surface area (Å²) in [6.45, 7) is 4.21. The van der Waals surface area contributed by atoms with Crippen molar-refractivity contribution in [3.05, 3.63) is 11.1 Å². The van der Waals surface area contributed by atoms with Gasteiger partial charge in [0, 0.05) is 23.4 Å². The topological polar surface area (TPSA) is 38.4 Å². The number of thioether (sulfide) groups is 1. The van der Waals surface area contributed by atoms with Gasteiger partial charge in [-0.05, 0) is 19.6 Å². The van der Waals surface area contributed by atoms with E-state index in [1.807, 2.05) is 12.5 Å². The van der Waals surface area contributed by atoms with Crippen LogP contribution in [-0.4, -0.2) is 18.5 Å². The molecular weight excluding hydrogens is 156 g/mol. The van der Waals surface area contributed by atoms with E-state index >= 15 is 0 Å². The zero-order valence-electron chi connectivity index (χ0n) is 7.37. The zero-order valence-corrected chi connectivity index (χ0v) is 8.19. The summed E-state index contributed by atoms with van der Waals surface area (Å²) < 4.78 is 0. The van der Waals surface area contributed by atoms with Crippen LogP contribution in [0, 0.1) is 0 Å². The SMILES string of the molecule is CCC(C)N=CC(=CN)SC. The molecule has 0 saturated carbocycles. The van der Waals surface area contributed by atoms with Crippen LogP contribution in [0.1, 0.15) is 20.3 Å². The van der Waals surface area contributed by atoms with E-state index in [1.165, 1.54) is 0 Å². The second-order valence-electron chi connectivity index (χ2n) is 2.31. The Kier molecular flexibility index (Phi) is 6.03. The number of nitrogens with zero attached hydrogens (tertiary/aromatic N) is 1. The first-order chi connectivity index (χ1) is 5.24. The minimum absolute atomic E-state index is 0.400. The van der Waals surface area contributed by atoms with Crippen LogP contribution in [0.5, 0.6) is 0 Å². The first kappa shape index (κ1) is 10.6. The summed E-state index contributed by atoms with van der Waals surface area (Å²) in [6.07, 6.45) is 6.47. The molecule has 0 aliphatic rings. The molecule has 0 bridgehead atoms. The fourth-order valence-electron chi connectivity index (χ4n) is 0.470. The van der Waals surface area contributed by atoms with Gasteiger partial charge in [-0.15, -0.1) is 11.8 Å². The number of allylic oxidation sites excluding steroid dienone is 1. The predicted octanol–water partition coefficient (Wildman–Crippen LogP) is 2.02. The summed E-state index contributed by atoms with van der Waals surface area (Å²) >= 11 is 1.61. The minimum atomic E-state index is 0.400. The molecular formula is C8H16N2S. The van der Waals surface area contributed by atoms with Crippen molar-refractivity contribution in [3.8, 4) is 0 Å². The molecule has 0 saturated heterocycles. The van der Waals surface area contributed by atoms with Crippen LogP contribution in [-0.2, 0) is 0 Å². The van der Waals surface area contributed by atoms with Gasteiger partial charge in [-0.3, -0.25) is 4.99 Å². The summed E-state index contributed by atoms with van der Waals surface area (Å²) in [5.41, 5.74) is 5.34. The van der Waals surface area contributed by atoms with Crippen molar-refractivity contribution in [2.75, 3.05) is 6.26 Å². The highest BCUT2D eigenvalue weighted by Crippen LogP contribution is 2.07. The first-order valence-electron chi connectivity index (χ1n) is 3.73. The third kappa shape index (κ3) is 4.90. The minimum Gasteiger partial charge on any atom is -0.404 e. The van der Waals surface area contributed by atoms with Crippen LogP contribution in [0.25, 0.3) is 0 Å².